The van der Waals surface area contributed by atoms with Crippen molar-refractivity contribution in [3.05, 3.63) is 0 Å². The molecule has 0 saturated carbocycles. The molecule has 2 rings (SSSR count). The molecule has 114 valence electrons. The fourth-order valence-corrected chi connectivity index (χ4v) is 2.35. The number of hydrogen-bond acceptors (Lipinski definition) is 5. The minimum Gasteiger partial charge on any atom is -0.479 e. The molecule has 1 amide bonds. The molecule has 21 heavy (non-hydrogen) atoms. The predicted molar refractivity (Wildman–Crippen MR) is 73.5 cm³/mol. The van der Waals surface area contributed by atoms with Gasteiger partial charge in [0.2, 0.25) is 5.91 Å². The first kappa shape index (κ1) is 15.4. The molecular formula is C14H19N3O4. The van der Waals surface area contributed by atoms with Gasteiger partial charge in [-0.25, -0.2) is 4.79 Å². The molecule has 0 radical (unpaired) electrons. The third kappa shape index (κ3) is 3.58. The Kier molecular flexibility index (Phi) is 4.28. The Hall–Kier alpha value is -1.94. The fraction of sp³-hybridized carbons (Fsp3) is 0.714. The van der Waals surface area contributed by atoms with Crippen LogP contribution in [0.1, 0.15) is 32.6 Å². The molecule has 0 aromatic rings. The van der Waals surface area contributed by atoms with E-state index >= 15 is 0 Å². The number of carboxylic acids is 1. The van der Waals surface area contributed by atoms with Crippen LogP contribution in [0.25, 0.3) is 0 Å². The zero-order chi connectivity index (χ0) is 15.5. The van der Waals surface area contributed by atoms with Gasteiger partial charge in [-0.1, -0.05) is 0 Å². The van der Waals surface area contributed by atoms with Crippen LogP contribution in [0.4, 0.5) is 0 Å². The second-order valence-electron chi connectivity index (χ2n) is 5.59. The SMILES string of the molecule is C#CCCC1(CCC(=O)N2CCOC(C)(C(=O)O)C2)N=N1. The maximum absolute atomic E-state index is 12.2. The Morgan fingerprint density at radius 3 is 2.71 bits per heavy atom. The predicted octanol–water partition coefficient (Wildman–Crippen LogP) is 1.04. The summed E-state index contributed by atoms with van der Waals surface area (Å²) >= 11 is 0. The third-order valence-corrected chi connectivity index (χ3v) is 3.87. The lowest BCUT2D eigenvalue weighted by Gasteiger charge is -2.37. The lowest BCUT2D eigenvalue weighted by Crippen LogP contribution is -2.56. The van der Waals surface area contributed by atoms with Crippen molar-refractivity contribution in [2.75, 3.05) is 19.7 Å². The van der Waals surface area contributed by atoms with Gasteiger partial charge in [0.05, 0.1) is 13.2 Å². The molecule has 1 saturated heterocycles. The van der Waals surface area contributed by atoms with E-state index in [0.717, 1.165) is 0 Å². The van der Waals surface area contributed by atoms with Gasteiger partial charge in [-0.05, 0) is 6.92 Å². The van der Waals surface area contributed by atoms with Crippen LogP contribution in [0.5, 0.6) is 0 Å². The molecule has 7 heteroatoms. The first-order chi connectivity index (χ1) is 9.91. The molecule has 0 aromatic heterocycles. The monoisotopic (exact) mass is 293 g/mol. The van der Waals surface area contributed by atoms with Gasteiger partial charge in [0.25, 0.3) is 0 Å². The van der Waals surface area contributed by atoms with Crippen molar-refractivity contribution < 1.29 is 19.4 Å². The standard InChI is InChI=1S/C14H19N3O4/c1-3-4-6-14(15-16-14)7-5-11(18)17-8-9-21-13(2,10-17)12(19)20/h1H,4-10H2,2H3,(H,19,20). The van der Waals surface area contributed by atoms with E-state index in [1.165, 1.54) is 11.8 Å². The maximum Gasteiger partial charge on any atom is 0.337 e. The van der Waals surface area contributed by atoms with E-state index in [2.05, 4.69) is 16.1 Å². The average Bonchev–Trinajstić information content (AvgIpc) is 3.23. The number of carbonyl (C=O) groups is 2. The van der Waals surface area contributed by atoms with E-state index in [9.17, 15) is 9.59 Å². The van der Waals surface area contributed by atoms with Gasteiger partial charge in [-0.15, -0.1) is 12.3 Å². The molecular weight excluding hydrogens is 274 g/mol. The summed E-state index contributed by atoms with van der Waals surface area (Å²) in [6.45, 7) is 2.18. The number of ether oxygens (including phenoxy) is 1. The van der Waals surface area contributed by atoms with Crippen LogP contribution in [0.3, 0.4) is 0 Å². The third-order valence-electron chi connectivity index (χ3n) is 3.87. The normalized spacial score (nSPS) is 26.2. The van der Waals surface area contributed by atoms with Crippen molar-refractivity contribution in [2.45, 2.75) is 43.9 Å². The number of nitrogens with zero attached hydrogens (tertiary/aromatic N) is 3. The minimum atomic E-state index is -1.33. The molecule has 1 fully saturated rings. The highest BCUT2D eigenvalue weighted by atomic mass is 16.5. The number of carbonyl (C=O) groups excluding carboxylic acids is 1. The highest BCUT2D eigenvalue weighted by Gasteiger charge is 2.43. The van der Waals surface area contributed by atoms with Gasteiger partial charge >= 0.3 is 5.97 Å². The van der Waals surface area contributed by atoms with Crippen LogP contribution in [0.15, 0.2) is 10.2 Å². The summed E-state index contributed by atoms with van der Waals surface area (Å²) in [5.74, 6) is 1.39. The first-order valence-electron chi connectivity index (χ1n) is 6.93. The van der Waals surface area contributed by atoms with Crippen molar-refractivity contribution in [1.82, 2.24) is 4.90 Å². The van der Waals surface area contributed by atoms with Crippen molar-refractivity contribution in [3.63, 3.8) is 0 Å². The number of morpholine rings is 1. The minimum absolute atomic E-state index is 0.0623. The number of terminal acetylenes is 1. The molecule has 7 nitrogen and oxygen atoms in total. The number of rotatable bonds is 6. The molecule has 2 heterocycles. The lowest BCUT2D eigenvalue weighted by molar-refractivity contribution is -0.177. The molecule has 2 aliphatic heterocycles. The second kappa shape index (κ2) is 5.82. The summed E-state index contributed by atoms with van der Waals surface area (Å²) in [5, 5.41) is 17.1. The number of aliphatic carboxylic acids is 1. The quantitative estimate of drug-likeness (QED) is 0.741. The molecule has 0 aromatic carbocycles. The maximum atomic E-state index is 12.2. The van der Waals surface area contributed by atoms with Crippen LogP contribution >= 0.6 is 0 Å². The summed E-state index contributed by atoms with van der Waals surface area (Å²) in [6, 6.07) is 0. The van der Waals surface area contributed by atoms with Gasteiger partial charge in [-0.2, -0.15) is 10.2 Å². The van der Waals surface area contributed by atoms with Crippen molar-refractivity contribution in [3.8, 4) is 12.3 Å². The number of hydrogen-bond donors (Lipinski definition) is 1. The molecule has 1 unspecified atom stereocenters. The number of carboxylic acid groups (broad SMARTS) is 1. The van der Waals surface area contributed by atoms with E-state index < -0.39 is 17.2 Å². The zero-order valence-electron chi connectivity index (χ0n) is 12.0. The van der Waals surface area contributed by atoms with Crippen molar-refractivity contribution >= 4 is 11.9 Å². The second-order valence-corrected chi connectivity index (χ2v) is 5.59. The average molecular weight is 293 g/mol. The summed E-state index contributed by atoms with van der Waals surface area (Å²) in [5.41, 5.74) is -1.81. The topological polar surface area (TPSA) is 91.6 Å². The Balaban J connectivity index is 1.84. The van der Waals surface area contributed by atoms with E-state index in [1.807, 2.05) is 0 Å². The Morgan fingerprint density at radius 1 is 1.43 bits per heavy atom. The first-order valence-corrected chi connectivity index (χ1v) is 6.93. The molecule has 0 spiro atoms. The lowest BCUT2D eigenvalue weighted by atomic mass is 10.0. The fourth-order valence-electron chi connectivity index (χ4n) is 2.35. The van der Waals surface area contributed by atoms with Crippen LogP contribution in [-0.2, 0) is 14.3 Å². The zero-order valence-corrected chi connectivity index (χ0v) is 12.0. The van der Waals surface area contributed by atoms with Crippen molar-refractivity contribution in [1.29, 1.82) is 0 Å². The Labute approximate surface area is 123 Å². The van der Waals surface area contributed by atoms with E-state index in [1.54, 1.807) is 0 Å². The van der Waals surface area contributed by atoms with E-state index in [-0.39, 0.29) is 25.5 Å². The largest absolute Gasteiger partial charge is 0.479 e. The highest BCUT2D eigenvalue weighted by molar-refractivity contribution is 5.81. The van der Waals surface area contributed by atoms with Gasteiger partial charge < -0.3 is 14.7 Å². The Morgan fingerprint density at radius 2 is 2.14 bits per heavy atom. The van der Waals surface area contributed by atoms with Gasteiger partial charge in [0.1, 0.15) is 0 Å². The molecule has 1 N–H and O–H groups in total. The molecule has 0 bridgehead atoms. The Bertz CT molecular complexity index is 505. The smallest absolute Gasteiger partial charge is 0.337 e. The van der Waals surface area contributed by atoms with Gasteiger partial charge in [-0.3, -0.25) is 4.79 Å². The number of amides is 1. The summed E-state index contributed by atoms with van der Waals surface area (Å²) in [6.07, 6.45) is 7.26. The van der Waals surface area contributed by atoms with Gasteiger partial charge in [0.15, 0.2) is 11.3 Å². The van der Waals surface area contributed by atoms with Crippen LogP contribution in [0, 0.1) is 12.3 Å². The van der Waals surface area contributed by atoms with Crippen LogP contribution < -0.4 is 0 Å². The highest BCUT2D eigenvalue weighted by Crippen LogP contribution is 2.37. The summed E-state index contributed by atoms with van der Waals surface area (Å²) in [4.78, 5) is 24.9. The molecule has 2 aliphatic rings. The van der Waals surface area contributed by atoms with Crippen LogP contribution in [0.2, 0.25) is 0 Å². The van der Waals surface area contributed by atoms with Crippen LogP contribution in [-0.4, -0.2) is 52.8 Å². The molecule has 1 atom stereocenters. The van der Waals surface area contributed by atoms with Gasteiger partial charge in [0, 0.05) is 32.2 Å². The van der Waals surface area contributed by atoms with E-state index in [4.69, 9.17) is 16.3 Å². The summed E-state index contributed by atoms with van der Waals surface area (Å²) in [7, 11) is 0. The van der Waals surface area contributed by atoms with Crippen molar-refractivity contribution in [2.24, 2.45) is 10.2 Å². The molecule has 0 aliphatic carbocycles. The van der Waals surface area contributed by atoms with E-state index in [0.29, 0.717) is 25.8 Å². The summed E-state index contributed by atoms with van der Waals surface area (Å²) < 4.78 is 5.27.